The predicted molar refractivity (Wildman–Crippen MR) is 63.8 cm³/mol. The molecule has 0 amide bonds. The van der Waals surface area contributed by atoms with Crippen molar-refractivity contribution in [3.05, 3.63) is 52.3 Å². The number of ether oxygens (including phenoxy) is 1. The molecule has 0 unspecified atom stereocenters. The van der Waals surface area contributed by atoms with Crippen molar-refractivity contribution in [1.82, 2.24) is 4.98 Å². The van der Waals surface area contributed by atoms with Gasteiger partial charge in [-0.3, -0.25) is 4.79 Å². The largest absolute Gasteiger partial charge is 0.496 e. The molecule has 0 bridgehead atoms. The smallest absolute Gasteiger partial charge is 0.182 e. The molecular formula is C13H10N2O2. The predicted octanol–water partition coefficient (Wildman–Crippen LogP) is 1.92. The highest BCUT2D eigenvalue weighted by molar-refractivity contribution is 5.68. The van der Waals surface area contributed by atoms with E-state index in [-0.39, 0.29) is 5.43 Å². The summed E-state index contributed by atoms with van der Waals surface area (Å²) in [4.78, 5) is 14.3. The summed E-state index contributed by atoms with van der Waals surface area (Å²) in [6.07, 6.45) is 1.57. The molecule has 0 saturated heterocycles. The van der Waals surface area contributed by atoms with Crippen LogP contribution in [0.4, 0.5) is 0 Å². The maximum Gasteiger partial charge on any atom is 0.182 e. The second-order valence-electron chi connectivity index (χ2n) is 3.46. The highest BCUT2D eigenvalue weighted by Crippen LogP contribution is 2.28. The molecule has 84 valence electrons. The van der Waals surface area contributed by atoms with Crippen LogP contribution in [-0.2, 0) is 0 Å². The van der Waals surface area contributed by atoms with Gasteiger partial charge >= 0.3 is 0 Å². The zero-order valence-corrected chi connectivity index (χ0v) is 9.23. The van der Waals surface area contributed by atoms with Crippen molar-refractivity contribution in [3.8, 4) is 23.1 Å². The third kappa shape index (κ3) is 2.18. The zero-order valence-electron chi connectivity index (χ0n) is 9.23. The first kappa shape index (κ1) is 11.0. The van der Waals surface area contributed by atoms with Gasteiger partial charge in [0.05, 0.1) is 24.4 Å². The maximum absolute atomic E-state index is 11.3. The van der Waals surface area contributed by atoms with E-state index in [0.717, 1.165) is 0 Å². The monoisotopic (exact) mass is 226 g/mol. The summed E-state index contributed by atoms with van der Waals surface area (Å²) in [5, 5.41) is 8.86. The molecule has 17 heavy (non-hydrogen) atoms. The van der Waals surface area contributed by atoms with Gasteiger partial charge in [0.1, 0.15) is 5.75 Å². The van der Waals surface area contributed by atoms with Crippen LogP contribution in [0.25, 0.3) is 11.3 Å². The van der Waals surface area contributed by atoms with E-state index in [9.17, 15) is 4.79 Å². The minimum absolute atomic E-state index is 0.0943. The maximum atomic E-state index is 11.3. The first-order valence-corrected chi connectivity index (χ1v) is 5.02. The number of hydrogen-bond acceptors (Lipinski definition) is 3. The van der Waals surface area contributed by atoms with E-state index in [1.165, 1.54) is 12.1 Å². The summed E-state index contributed by atoms with van der Waals surface area (Å²) < 4.78 is 5.21. The first-order valence-electron chi connectivity index (χ1n) is 5.02. The number of methoxy groups -OCH3 is 1. The summed E-state index contributed by atoms with van der Waals surface area (Å²) in [6, 6.07) is 10.0. The Balaban J connectivity index is 2.65. The first-order chi connectivity index (χ1) is 8.24. The van der Waals surface area contributed by atoms with E-state index in [1.54, 1.807) is 31.5 Å². The lowest BCUT2D eigenvalue weighted by molar-refractivity contribution is 0.416. The standard InChI is InChI=1S/C13H10N2O2/c1-17-13-3-2-9(8-14)6-11(13)12-7-10(16)4-5-15-12/h2-7H,1H3,(H,15,16). The van der Waals surface area contributed by atoms with Crippen LogP contribution in [0.15, 0.2) is 41.3 Å². The summed E-state index contributed by atoms with van der Waals surface area (Å²) in [6.45, 7) is 0. The van der Waals surface area contributed by atoms with Gasteiger partial charge in [-0.05, 0) is 18.2 Å². The van der Waals surface area contributed by atoms with Crippen molar-refractivity contribution < 1.29 is 4.74 Å². The number of aromatic nitrogens is 1. The minimum Gasteiger partial charge on any atom is -0.496 e. The lowest BCUT2D eigenvalue weighted by atomic mass is 10.1. The lowest BCUT2D eigenvalue weighted by Crippen LogP contribution is -1.99. The molecule has 0 aliphatic rings. The third-order valence-corrected chi connectivity index (χ3v) is 2.39. The number of nitrogens with one attached hydrogen (secondary N) is 1. The van der Waals surface area contributed by atoms with Crippen LogP contribution in [0.5, 0.6) is 5.75 Å². The number of nitriles is 1. The second-order valence-corrected chi connectivity index (χ2v) is 3.46. The SMILES string of the molecule is COc1ccc(C#N)cc1-c1cc(=O)cc[nH]1. The summed E-state index contributed by atoms with van der Waals surface area (Å²) in [5.41, 5.74) is 1.75. The van der Waals surface area contributed by atoms with Crippen LogP contribution in [0, 0.1) is 11.3 Å². The highest BCUT2D eigenvalue weighted by Gasteiger charge is 2.07. The molecule has 1 aromatic heterocycles. The average Bonchev–Trinajstić information content (AvgIpc) is 2.38. The summed E-state index contributed by atoms with van der Waals surface area (Å²) >= 11 is 0. The van der Waals surface area contributed by atoms with Crippen molar-refractivity contribution in [1.29, 1.82) is 5.26 Å². The molecule has 0 atom stereocenters. The van der Waals surface area contributed by atoms with E-state index >= 15 is 0 Å². The molecule has 4 heteroatoms. The number of rotatable bonds is 2. The normalized spacial score (nSPS) is 9.65. The molecule has 4 nitrogen and oxygen atoms in total. The molecule has 1 N–H and O–H groups in total. The van der Waals surface area contributed by atoms with Crippen LogP contribution in [0.2, 0.25) is 0 Å². The van der Waals surface area contributed by atoms with Crippen LogP contribution >= 0.6 is 0 Å². The van der Waals surface area contributed by atoms with Gasteiger partial charge in [-0.25, -0.2) is 0 Å². The van der Waals surface area contributed by atoms with Gasteiger partial charge in [0.15, 0.2) is 5.43 Å². The van der Waals surface area contributed by atoms with Gasteiger partial charge in [-0.2, -0.15) is 5.26 Å². The Labute approximate surface area is 98.1 Å². The van der Waals surface area contributed by atoms with Crippen LogP contribution in [0.1, 0.15) is 5.56 Å². The molecule has 0 aliphatic heterocycles. The van der Waals surface area contributed by atoms with Crippen LogP contribution < -0.4 is 10.2 Å². The number of benzene rings is 1. The van der Waals surface area contributed by atoms with E-state index in [2.05, 4.69) is 11.1 Å². The molecule has 0 spiro atoms. The van der Waals surface area contributed by atoms with Gasteiger partial charge in [0, 0.05) is 23.9 Å². The molecule has 0 fully saturated rings. The molecule has 1 heterocycles. The fraction of sp³-hybridized carbons (Fsp3) is 0.0769. The third-order valence-electron chi connectivity index (χ3n) is 2.39. The van der Waals surface area contributed by atoms with Crippen molar-refractivity contribution in [3.63, 3.8) is 0 Å². The number of aromatic amines is 1. The van der Waals surface area contributed by atoms with Crippen LogP contribution in [0.3, 0.4) is 0 Å². The topological polar surface area (TPSA) is 65.9 Å². The lowest BCUT2D eigenvalue weighted by Gasteiger charge is -2.08. The van der Waals surface area contributed by atoms with E-state index in [0.29, 0.717) is 22.6 Å². The molecule has 2 aromatic rings. The fourth-order valence-corrected chi connectivity index (χ4v) is 1.59. The van der Waals surface area contributed by atoms with Gasteiger partial charge in [0.2, 0.25) is 0 Å². The quantitative estimate of drug-likeness (QED) is 0.850. The van der Waals surface area contributed by atoms with Crippen molar-refractivity contribution in [2.24, 2.45) is 0 Å². The Morgan fingerprint density at radius 3 is 2.76 bits per heavy atom. The highest BCUT2D eigenvalue weighted by atomic mass is 16.5. The number of nitrogens with zero attached hydrogens (tertiary/aromatic N) is 1. The fourth-order valence-electron chi connectivity index (χ4n) is 1.59. The molecular weight excluding hydrogens is 216 g/mol. The Bertz CT molecular complexity index is 638. The Kier molecular flexibility index (Phi) is 2.93. The minimum atomic E-state index is -0.0943. The molecule has 2 rings (SSSR count). The van der Waals surface area contributed by atoms with Crippen molar-refractivity contribution >= 4 is 0 Å². The number of pyridine rings is 1. The molecule has 0 aliphatic carbocycles. The zero-order chi connectivity index (χ0) is 12.3. The van der Waals surface area contributed by atoms with Crippen LogP contribution in [-0.4, -0.2) is 12.1 Å². The van der Waals surface area contributed by atoms with E-state index in [4.69, 9.17) is 10.00 Å². The van der Waals surface area contributed by atoms with Gasteiger partial charge in [-0.1, -0.05) is 0 Å². The summed E-state index contributed by atoms with van der Waals surface area (Å²) in [7, 11) is 1.55. The van der Waals surface area contributed by atoms with E-state index in [1.807, 2.05) is 0 Å². The Morgan fingerprint density at radius 2 is 2.12 bits per heavy atom. The van der Waals surface area contributed by atoms with Gasteiger partial charge in [-0.15, -0.1) is 0 Å². The van der Waals surface area contributed by atoms with Crippen molar-refractivity contribution in [2.75, 3.05) is 7.11 Å². The van der Waals surface area contributed by atoms with Crippen molar-refractivity contribution in [2.45, 2.75) is 0 Å². The number of H-pyrrole nitrogens is 1. The molecule has 0 saturated carbocycles. The summed E-state index contributed by atoms with van der Waals surface area (Å²) in [5.74, 6) is 0.617. The average molecular weight is 226 g/mol. The van der Waals surface area contributed by atoms with E-state index < -0.39 is 0 Å². The number of hydrogen-bond donors (Lipinski definition) is 1. The van der Waals surface area contributed by atoms with Gasteiger partial charge < -0.3 is 9.72 Å². The molecule has 0 radical (unpaired) electrons. The second kappa shape index (κ2) is 4.54. The Hall–Kier alpha value is -2.54. The molecule has 1 aromatic carbocycles. The Morgan fingerprint density at radius 1 is 1.29 bits per heavy atom. The van der Waals surface area contributed by atoms with Gasteiger partial charge in [0.25, 0.3) is 0 Å².